The lowest BCUT2D eigenvalue weighted by Gasteiger charge is -2.08. The number of carbonyl (C=O) groups is 1. The van der Waals surface area contributed by atoms with Crippen molar-refractivity contribution in [1.82, 2.24) is 0 Å². The second kappa shape index (κ2) is 7.68. The molecule has 0 saturated carbocycles. The van der Waals surface area contributed by atoms with Crippen molar-refractivity contribution in [2.75, 3.05) is 12.4 Å². The summed E-state index contributed by atoms with van der Waals surface area (Å²) in [5, 5.41) is 3.62. The van der Waals surface area contributed by atoms with E-state index in [0.717, 1.165) is 4.47 Å². The van der Waals surface area contributed by atoms with Gasteiger partial charge in [0, 0.05) is 26.8 Å². The molecule has 22 heavy (non-hydrogen) atoms. The van der Waals surface area contributed by atoms with Gasteiger partial charge in [-0.2, -0.15) is 0 Å². The third-order valence-electron chi connectivity index (χ3n) is 2.75. The van der Waals surface area contributed by atoms with Crippen LogP contribution in [-0.4, -0.2) is 13.0 Å². The third-order valence-corrected chi connectivity index (χ3v) is 3.74. The lowest BCUT2D eigenvalue weighted by atomic mass is 10.2. The first-order chi connectivity index (χ1) is 10.5. The molecule has 0 saturated heterocycles. The lowest BCUT2D eigenvalue weighted by molar-refractivity contribution is -0.111. The first-order valence-corrected chi connectivity index (χ1v) is 7.82. The van der Waals surface area contributed by atoms with Crippen LogP contribution in [-0.2, 0) is 4.79 Å². The van der Waals surface area contributed by atoms with Crippen molar-refractivity contribution in [3.05, 3.63) is 62.6 Å². The molecule has 0 fully saturated rings. The van der Waals surface area contributed by atoms with Gasteiger partial charge in [0.05, 0.1) is 12.1 Å². The second-order valence-corrected chi connectivity index (χ2v) is 6.10. The minimum absolute atomic E-state index is 0.267. The highest BCUT2D eigenvalue weighted by Gasteiger charge is 2.08. The van der Waals surface area contributed by atoms with Crippen LogP contribution in [0.4, 0.5) is 5.69 Å². The summed E-state index contributed by atoms with van der Waals surface area (Å²) in [6.45, 7) is 0. The van der Waals surface area contributed by atoms with Crippen LogP contribution in [0.3, 0.4) is 0 Å². The highest BCUT2D eigenvalue weighted by atomic mass is 79.9. The van der Waals surface area contributed by atoms with Crippen LogP contribution in [0.2, 0.25) is 10.0 Å². The predicted octanol–water partition coefficient (Wildman–Crippen LogP) is 5.42. The van der Waals surface area contributed by atoms with Crippen molar-refractivity contribution >= 4 is 56.8 Å². The summed E-state index contributed by atoms with van der Waals surface area (Å²) in [5.74, 6) is 0.203. The van der Waals surface area contributed by atoms with E-state index in [9.17, 15) is 4.79 Å². The minimum Gasteiger partial charge on any atom is -0.495 e. The molecule has 2 rings (SSSR count). The molecular weight excluding hydrogens is 389 g/mol. The van der Waals surface area contributed by atoms with Crippen LogP contribution in [0.5, 0.6) is 5.75 Å². The molecule has 0 spiro atoms. The number of amides is 1. The minimum atomic E-state index is -0.267. The second-order valence-electron chi connectivity index (χ2n) is 4.34. The Morgan fingerprint density at radius 3 is 2.73 bits per heavy atom. The van der Waals surface area contributed by atoms with Gasteiger partial charge in [-0.1, -0.05) is 45.2 Å². The first-order valence-electron chi connectivity index (χ1n) is 6.27. The summed E-state index contributed by atoms with van der Waals surface area (Å²) in [7, 11) is 1.51. The van der Waals surface area contributed by atoms with Crippen LogP contribution in [0, 0.1) is 0 Å². The molecule has 2 aromatic carbocycles. The standard InChI is InChI=1S/C16H12BrCl2NO2/c1-22-16-10(7-12(18)9-14(16)19)5-6-15(21)20-13-4-2-3-11(17)8-13/h2-9H,1H3,(H,20,21)/b6-5+. The van der Waals surface area contributed by atoms with Crippen molar-refractivity contribution in [1.29, 1.82) is 0 Å². The van der Waals surface area contributed by atoms with E-state index in [1.807, 2.05) is 18.2 Å². The van der Waals surface area contributed by atoms with Gasteiger partial charge in [0.15, 0.2) is 0 Å². The van der Waals surface area contributed by atoms with Gasteiger partial charge >= 0.3 is 0 Å². The normalized spacial score (nSPS) is 10.7. The molecule has 0 aromatic heterocycles. The van der Waals surface area contributed by atoms with E-state index in [1.54, 1.807) is 24.3 Å². The molecule has 114 valence electrons. The van der Waals surface area contributed by atoms with Crippen molar-refractivity contribution in [3.8, 4) is 5.75 Å². The number of ether oxygens (including phenoxy) is 1. The molecule has 0 aliphatic rings. The van der Waals surface area contributed by atoms with E-state index in [1.165, 1.54) is 13.2 Å². The quantitative estimate of drug-likeness (QED) is 0.696. The molecule has 0 aliphatic heterocycles. The van der Waals surface area contributed by atoms with Gasteiger partial charge in [-0.25, -0.2) is 0 Å². The molecule has 0 unspecified atom stereocenters. The van der Waals surface area contributed by atoms with Gasteiger partial charge in [-0.15, -0.1) is 0 Å². The smallest absolute Gasteiger partial charge is 0.248 e. The molecule has 0 heterocycles. The Morgan fingerprint density at radius 2 is 2.05 bits per heavy atom. The van der Waals surface area contributed by atoms with Gasteiger partial charge in [-0.3, -0.25) is 4.79 Å². The first kappa shape index (κ1) is 16.9. The van der Waals surface area contributed by atoms with Crippen LogP contribution in [0.1, 0.15) is 5.56 Å². The van der Waals surface area contributed by atoms with E-state index in [-0.39, 0.29) is 5.91 Å². The van der Waals surface area contributed by atoms with E-state index < -0.39 is 0 Å². The number of hydrogen-bond acceptors (Lipinski definition) is 2. The fraction of sp³-hybridized carbons (Fsp3) is 0.0625. The Kier molecular flexibility index (Phi) is 5.89. The van der Waals surface area contributed by atoms with Crippen LogP contribution in [0.25, 0.3) is 6.08 Å². The van der Waals surface area contributed by atoms with Crippen molar-refractivity contribution in [2.24, 2.45) is 0 Å². The Morgan fingerprint density at radius 1 is 1.27 bits per heavy atom. The highest BCUT2D eigenvalue weighted by molar-refractivity contribution is 9.10. The molecule has 0 atom stereocenters. The Labute approximate surface area is 147 Å². The van der Waals surface area contributed by atoms with E-state index >= 15 is 0 Å². The van der Waals surface area contributed by atoms with Gasteiger partial charge in [0.1, 0.15) is 5.75 Å². The number of methoxy groups -OCH3 is 1. The average molecular weight is 401 g/mol. The summed E-state index contributed by atoms with van der Waals surface area (Å²) in [6.07, 6.45) is 3.00. The zero-order chi connectivity index (χ0) is 16.1. The summed E-state index contributed by atoms with van der Waals surface area (Å²) in [6, 6.07) is 10.6. The van der Waals surface area contributed by atoms with E-state index in [2.05, 4.69) is 21.2 Å². The Bertz CT molecular complexity index is 732. The summed E-state index contributed by atoms with van der Waals surface area (Å²) < 4.78 is 6.10. The zero-order valence-electron chi connectivity index (χ0n) is 11.6. The summed E-state index contributed by atoms with van der Waals surface area (Å²) in [4.78, 5) is 11.9. The lowest BCUT2D eigenvalue weighted by Crippen LogP contribution is -2.07. The average Bonchev–Trinajstić information content (AvgIpc) is 2.44. The number of benzene rings is 2. The van der Waals surface area contributed by atoms with E-state index in [4.69, 9.17) is 27.9 Å². The van der Waals surface area contributed by atoms with Crippen LogP contribution < -0.4 is 10.1 Å². The highest BCUT2D eigenvalue weighted by Crippen LogP contribution is 2.32. The van der Waals surface area contributed by atoms with Crippen molar-refractivity contribution in [3.63, 3.8) is 0 Å². The number of hydrogen-bond donors (Lipinski definition) is 1. The zero-order valence-corrected chi connectivity index (χ0v) is 14.7. The Balaban J connectivity index is 2.16. The predicted molar refractivity (Wildman–Crippen MR) is 94.8 cm³/mol. The molecule has 0 aliphatic carbocycles. The third kappa shape index (κ3) is 4.50. The largest absolute Gasteiger partial charge is 0.495 e. The molecule has 2 aromatic rings. The van der Waals surface area contributed by atoms with Gasteiger partial charge in [-0.05, 0) is 36.4 Å². The maximum absolute atomic E-state index is 11.9. The number of anilines is 1. The molecular formula is C16H12BrCl2NO2. The van der Waals surface area contributed by atoms with Gasteiger partial charge < -0.3 is 10.1 Å². The molecule has 6 heteroatoms. The van der Waals surface area contributed by atoms with Crippen LogP contribution >= 0.6 is 39.1 Å². The van der Waals surface area contributed by atoms with E-state index in [0.29, 0.717) is 27.0 Å². The topological polar surface area (TPSA) is 38.3 Å². The van der Waals surface area contributed by atoms with Gasteiger partial charge in [0.25, 0.3) is 0 Å². The SMILES string of the molecule is COc1c(Cl)cc(Cl)cc1/C=C/C(=O)Nc1cccc(Br)c1. The van der Waals surface area contributed by atoms with Gasteiger partial charge in [0.2, 0.25) is 5.91 Å². The fourth-order valence-corrected chi connectivity index (χ4v) is 2.82. The molecule has 0 radical (unpaired) electrons. The Hall–Kier alpha value is -1.49. The van der Waals surface area contributed by atoms with Crippen molar-refractivity contribution < 1.29 is 9.53 Å². The molecule has 1 amide bonds. The molecule has 1 N–H and O–H groups in total. The monoisotopic (exact) mass is 399 g/mol. The maximum atomic E-state index is 11.9. The number of halogens is 3. The fourth-order valence-electron chi connectivity index (χ4n) is 1.84. The number of carbonyl (C=O) groups excluding carboxylic acids is 1. The maximum Gasteiger partial charge on any atom is 0.248 e. The molecule has 3 nitrogen and oxygen atoms in total. The number of nitrogens with one attached hydrogen (secondary N) is 1. The van der Waals surface area contributed by atoms with Crippen LogP contribution in [0.15, 0.2) is 46.9 Å². The summed E-state index contributed by atoms with van der Waals surface area (Å²) >= 11 is 15.4. The number of rotatable bonds is 4. The molecule has 0 bridgehead atoms. The summed E-state index contributed by atoms with van der Waals surface area (Å²) in [5.41, 5.74) is 1.32. The van der Waals surface area contributed by atoms with Crippen molar-refractivity contribution in [2.45, 2.75) is 0 Å².